The molecule has 0 aliphatic carbocycles. The summed E-state index contributed by atoms with van der Waals surface area (Å²) in [5.74, 6) is 0.388. The van der Waals surface area contributed by atoms with Crippen molar-refractivity contribution in [3.63, 3.8) is 0 Å². The molecule has 0 aromatic heterocycles. The second-order valence-electron chi connectivity index (χ2n) is 5.75. The average molecular weight is 275 g/mol. The minimum absolute atomic E-state index is 0.150. The monoisotopic (exact) mass is 275 g/mol. The molecule has 0 amide bonds. The second kappa shape index (κ2) is 7.00. The molecule has 1 atom stereocenters. The number of hydrogen-bond donors (Lipinski definition) is 0. The minimum atomic E-state index is -0.150. The van der Waals surface area contributed by atoms with E-state index < -0.39 is 0 Å². The van der Waals surface area contributed by atoms with Crippen LogP contribution in [0.4, 0.5) is 0 Å². The van der Waals surface area contributed by atoms with Gasteiger partial charge in [0.2, 0.25) is 0 Å². The Kier molecular flexibility index (Phi) is 5.32. The lowest BCUT2D eigenvalue weighted by Crippen LogP contribution is -2.47. The molecular formula is C17H25NO2. The molecule has 0 N–H and O–H groups in total. The average Bonchev–Trinajstić information content (AvgIpc) is 2.48. The Morgan fingerprint density at radius 2 is 2.05 bits per heavy atom. The van der Waals surface area contributed by atoms with Crippen molar-refractivity contribution in [1.29, 1.82) is 0 Å². The zero-order valence-electron chi connectivity index (χ0n) is 12.6. The molecule has 3 heteroatoms. The predicted octanol–water partition coefficient (Wildman–Crippen LogP) is 2.89. The molecule has 110 valence electrons. The maximum absolute atomic E-state index is 12.6. The molecule has 1 aliphatic rings. The maximum Gasteiger partial charge on any atom is 0.153 e. The van der Waals surface area contributed by atoms with E-state index in [4.69, 9.17) is 4.74 Å². The fraction of sp³-hybridized carbons (Fsp3) is 0.588. The van der Waals surface area contributed by atoms with Crippen LogP contribution in [0, 0.1) is 5.41 Å². The first-order valence-corrected chi connectivity index (χ1v) is 7.49. The summed E-state index contributed by atoms with van der Waals surface area (Å²) >= 11 is 0. The molecule has 1 aromatic rings. The Labute approximate surface area is 121 Å². The fourth-order valence-corrected chi connectivity index (χ4v) is 3.05. The molecule has 2 rings (SSSR count). The highest BCUT2D eigenvalue weighted by Crippen LogP contribution is 2.35. The Morgan fingerprint density at radius 3 is 2.65 bits per heavy atom. The van der Waals surface area contributed by atoms with Gasteiger partial charge in [0.15, 0.2) is 5.78 Å². The zero-order valence-corrected chi connectivity index (χ0v) is 12.6. The van der Waals surface area contributed by atoms with Crippen LogP contribution in [-0.4, -0.2) is 37.5 Å². The molecule has 0 saturated carbocycles. The van der Waals surface area contributed by atoms with E-state index in [0.717, 1.165) is 32.4 Å². The van der Waals surface area contributed by atoms with Gasteiger partial charge in [-0.05, 0) is 31.4 Å². The third-order valence-electron chi connectivity index (χ3n) is 4.58. The molecule has 1 fully saturated rings. The second-order valence-corrected chi connectivity index (χ2v) is 5.75. The van der Waals surface area contributed by atoms with Crippen LogP contribution in [-0.2, 0) is 16.1 Å². The van der Waals surface area contributed by atoms with Crippen molar-refractivity contribution in [3.05, 3.63) is 35.9 Å². The number of ether oxygens (including phenoxy) is 1. The number of nitrogens with zero attached hydrogens (tertiary/aromatic N) is 1. The van der Waals surface area contributed by atoms with Gasteiger partial charge in [-0.25, -0.2) is 0 Å². The van der Waals surface area contributed by atoms with E-state index in [2.05, 4.69) is 36.1 Å². The molecule has 1 heterocycles. The maximum atomic E-state index is 12.6. The summed E-state index contributed by atoms with van der Waals surface area (Å²) < 4.78 is 5.18. The van der Waals surface area contributed by atoms with Gasteiger partial charge in [-0.3, -0.25) is 9.69 Å². The predicted molar refractivity (Wildman–Crippen MR) is 80.6 cm³/mol. The fourth-order valence-electron chi connectivity index (χ4n) is 3.05. The smallest absolute Gasteiger partial charge is 0.153 e. The number of methoxy groups -OCH3 is 1. The van der Waals surface area contributed by atoms with Crippen molar-refractivity contribution in [3.8, 4) is 0 Å². The van der Waals surface area contributed by atoms with Crippen molar-refractivity contribution in [1.82, 2.24) is 4.90 Å². The number of hydrogen-bond acceptors (Lipinski definition) is 3. The van der Waals surface area contributed by atoms with Crippen LogP contribution in [0.5, 0.6) is 0 Å². The van der Waals surface area contributed by atoms with Crippen LogP contribution in [0.3, 0.4) is 0 Å². The standard InChI is InChI=1S/C17H25NO2/c1-3-17(10-12-20-2)9-11-18(14-16(17)19)13-15-7-5-4-6-8-15/h4-8H,3,9-14H2,1-2H3. The lowest BCUT2D eigenvalue weighted by atomic mass is 9.73. The molecule has 1 aromatic carbocycles. The van der Waals surface area contributed by atoms with Crippen LogP contribution in [0.1, 0.15) is 31.7 Å². The number of benzene rings is 1. The van der Waals surface area contributed by atoms with E-state index >= 15 is 0 Å². The zero-order chi connectivity index (χ0) is 14.4. The van der Waals surface area contributed by atoms with Gasteiger partial charge in [0.25, 0.3) is 0 Å². The third-order valence-corrected chi connectivity index (χ3v) is 4.58. The van der Waals surface area contributed by atoms with Crippen molar-refractivity contribution in [2.75, 3.05) is 26.8 Å². The normalized spacial score (nSPS) is 24.0. The SMILES string of the molecule is CCC1(CCOC)CCN(Cc2ccccc2)CC1=O. The molecule has 0 bridgehead atoms. The van der Waals surface area contributed by atoms with E-state index in [1.54, 1.807) is 7.11 Å². The largest absolute Gasteiger partial charge is 0.385 e. The number of Topliss-reactive ketones (excluding diaryl/α,β-unsaturated/α-hetero) is 1. The molecular weight excluding hydrogens is 250 g/mol. The van der Waals surface area contributed by atoms with Crippen molar-refractivity contribution in [2.45, 2.75) is 32.7 Å². The van der Waals surface area contributed by atoms with Gasteiger partial charge in [0, 0.05) is 25.7 Å². The van der Waals surface area contributed by atoms with Gasteiger partial charge >= 0.3 is 0 Å². The number of likely N-dealkylation sites (tertiary alicyclic amines) is 1. The lowest BCUT2D eigenvalue weighted by Gasteiger charge is -2.40. The molecule has 1 unspecified atom stereocenters. The van der Waals surface area contributed by atoms with E-state index in [1.807, 2.05) is 6.07 Å². The van der Waals surface area contributed by atoms with Crippen LogP contribution in [0.25, 0.3) is 0 Å². The summed E-state index contributed by atoms with van der Waals surface area (Å²) in [5.41, 5.74) is 1.13. The van der Waals surface area contributed by atoms with Crippen molar-refractivity contribution < 1.29 is 9.53 Å². The van der Waals surface area contributed by atoms with E-state index in [1.165, 1.54) is 5.56 Å². The van der Waals surface area contributed by atoms with Crippen LogP contribution in [0.2, 0.25) is 0 Å². The summed E-state index contributed by atoms with van der Waals surface area (Å²) in [5, 5.41) is 0. The first kappa shape index (κ1) is 15.2. The first-order valence-electron chi connectivity index (χ1n) is 7.49. The van der Waals surface area contributed by atoms with E-state index in [9.17, 15) is 4.79 Å². The minimum Gasteiger partial charge on any atom is -0.385 e. The summed E-state index contributed by atoms with van der Waals surface area (Å²) in [6, 6.07) is 10.4. The Morgan fingerprint density at radius 1 is 1.30 bits per heavy atom. The van der Waals surface area contributed by atoms with Gasteiger partial charge in [0.1, 0.15) is 0 Å². The number of piperidine rings is 1. The summed E-state index contributed by atoms with van der Waals surface area (Å²) in [7, 11) is 1.71. The number of carbonyl (C=O) groups is 1. The van der Waals surface area contributed by atoms with Crippen molar-refractivity contribution in [2.24, 2.45) is 5.41 Å². The van der Waals surface area contributed by atoms with Gasteiger partial charge < -0.3 is 4.74 Å². The molecule has 20 heavy (non-hydrogen) atoms. The summed E-state index contributed by atoms with van der Waals surface area (Å²) in [6.45, 7) is 5.25. The van der Waals surface area contributed by atoms with Gasteiger partial charge in [-0.2, -0.15) is 0 Å². The molecule has 1 aliphatic heterocycles. The molecule has 3 nitrogen and oxygen atoms in total. The van der Waals surface area contributed by atoms with Gasteiger partial charge in [-0.1, -0.05) is 37.3 Å². The summed E-state index contributed by atoms with van der Waals surface area (Å²) in [6.07, 6.45) is 2.74. The van der Waals surface area contributed by atoms with Crippen LogP contribution in [0.15, 0.2) is 30.3 Å². The molecule has 0 radical (unpaired) electrons. The highest BCUT2D eigenvalue weighted by atomic mass is 16.5. The van der Waals surface area contributed by atoms with Gasteiger partial charge in [-0.15, -0.1) is 0 Å². The summed E-state index contributed by atoms with van der Waals surface area (Å²) in [4.78, 5) is 14.8. The Hall–Kier alpha value is -1.19. The first-order chi connectivity index (χ1) is 9.70. The highest BCUT2D eigenvalue weighted by molar-refractivity contribution is 5.87. The quantitative estimate of drug-likeness (QED) is 0.799. The number of rotatable bonds is 6. The Bertz CT molecular complexity index is 432. The number of carbonyl (C=O) groups excluding carboxylic acids is 1. The van der Waals surface area contributed by atoms with E-state index in [-0.39, 0.29) is 5.41 Å². The Balaban J connectivity index is 1.96. The lowest BCUT2D eigenvalue weighted by molar-refractivity contribution is -0.136. The third kappa shape index (κ3) is 3.47. The van der Waals surface area contributed by atoms with Crippen LogP contribution >= 0.6 is 0 Å². The van der Waals surface area contributed by atoms with Crippen molar-refractivity contribution >= 4 is 5.78 Å². The molecule has 1 saturated heterocycles. The van der Waals surface area contributed by atoms with Crippen LogP contribution < -0.4 is 0 Å². The topological polar surface area (TPSA) is 29.5 Å². The van der Waals surface area contributed by atoms with Gasteiger partial charge in [0.05, 0.1) is 6.54 Å². The highest BCUT2D eigenvalue weighted by Gasteiger charge is 2.40. The number of ketones is 1. The molecule has 0 spiro atoms. The van der Waals surface area contributed by atoms with E-state index in [0.29, 0.717) is 18.9 Å².